The third-order valence-electron chi connectivity index (χ3n) is 1.70. The number of hydrogen-bond donors (Lipinski definition) is 3. The molecule has 1 heterocycles. The number of anilines is 1. The van der Waals surface area contributed by atoms with Gasteiger partial charge in [-0.25, -0.2) is 9.97 Å². The lowest BCUT2D eigenvalue weighted by Gasteiger charge is -2.09. The fraction of sp³-hybridized carbons (Fsp3) is 0.500. The van der Waals surface area contributed by atoms with E-state index in [9.17, 15) is 0 Å². The van der Waals surface area contributed by atoms with E-state index < -0.39 is 6.10 Å². The van der Waals surface area contributed by atoms with Gasteiger partial charge in [0.05, 0.1) is 24.1 Å². The number of nitrogens with zero attached hydrogens (tertiary/aromatic N) is 2. The molecule has 15 heavy (non-hydrogen) atoms. The van der Waals surface area contributed by atoms with E-state index in [1.54, 1.807) is 6.92 Å². The van der Waals surface area contributed by atoms with Crippen LogP contribution in [0.15, 0.2) is 5.03 Å². The molecule has 0 aromatic carbocycles. The lowest BCUT2D eigenvalue weighted by atomic mass is 10.4. The number of aromatic nitrogens is 2. The van der Waals surface area contributed by atoms with E-state index in [0.29, 0.717) is 22.2 Å². The minimum Gasteiger partial charge on any atom is -0.395 e. The van der Waals surface area contributed by atoms with Crippen LogP contribution in [0.5, 0.6) is 0 Å². The molecule has 0 saturated carbocycles. The normalized spacial score (nSPS) is 12.8. The Labute approximate surface area is 96.7 Å². The SMILES string of the molecule is Cc1nc(Cl)nc(SCC(O)CO)c1N. The summed E-state index contributed by atoms with van der Waals surface area (Å²) >= 11 is 6.91. The Morgan fingerprint density at radius 3 is 2.80 bits per heavy atom. The van der Waals surface area contributed by atoms with Gasteiger partial charge in [-0.1, -0.05) is 0 Å². The van der Waals surface area contributed by atoms with Crippen LogP contribution in [0.4, 0.5) is 5.69 Å². The van der Waals surface area contributed by atoms with Crippen molar-refractivity contribution in [2.75, 3.05) is 18.1 Å². The number of aryl methyl sites for hydroxylation is 1. The molecule has 0 bridgehead atoms. The summed E-state index contributed by atoms with van der Waals surface area (Å²) in [4.78, 5) is 7.82. The van der Waals surface area contributed by atoms with Crippen LogP contribution in [0, 0.1) is 6.92 Å². The average Bonchev–Trinajstić information content (AvgIpc) is 2.20. The molecule has 0 amide bonds. The molecule has 0 aliphatic rings. The molecule has 0 radical (unpaired) electrons. The standard InChI is InChI=1S/C8H12ClN3O2S/c1-4-6(10)7(12-8(9)11-4)15-3-5(14)2-13/h5,13-14H,2-3,10H2,1H3. The number of aliphatic hydroxyl groups excluding tert-OH is 2. The van der Waals surface area contributed by atoms with Gasteiger partial charge in [0.15, 0.2) is 0 Å². The highest BCUT2D eigenvalue weighted by Crippen LogP contribution is 2.26. The van der Waals surface area contributed by atoms with Crippen molar-refractivity contribution >= 4 is 29.1 Å². The quantitative estimate of drug-likeness (QED) is 0.408. The topological polar surface area (TPSA) is 92.3 Å². The van der Waals surface area contributed by atoms with Crippen molar-refractivity contribution in [3.8, 4) is 0 Å². The lowest BCUT2D eigenvalue weighted by molar-refractivity contribution is 0.113. The Morgan fingerprint density at radius 2 is 2.20 bits per heavy atom. The minimum atomic E-state index is -0.788. The van der Waals surface area contributed by atoms with E-state index in [-0.39, 0.29) is 11.9 Å². The van der Waals surface area contributed by atoms with Crippen molar-refractivity contribution in [3.05, 3.63) is 11.0 Å². The van der Waals surface area contributed by atoms with E-state index in [2.05, 4.69) is 9.97 Å². The molecule has 0 spiro atoms. The summed E-state index contributed by atoms with van der Waals surface area (Å²) in [7, 11) is 0. The Balaban J connectivity index is 2.76. The predicted octanol–water partition coefficient (Wildman–Crippen LogP) is 0.466. The fourth-order valence-corrected chi connectivity index (χ4v) is 2.03. The lowest BCUT2D eigenvalue weighted by Crippen LogP contribution is -2.15. The van der Waals surface area contributed by atoms with E-state index in [0.717, 1.165) is 0 Å². The van der Waals surface area contributed by atoms with Crippen molar-refractivity contribution < 1.29 is 10.2 Å². The number of aliphatic hydroxyl groups is 2. The molecule has 0 fully saturated rings. The number of halogens is 1. The van der Waals surface area contributed by atoms with E-state index >= 15 is 0 Å². The van der Waals surface area contributed by atoms with Crippen molar-refractivity contribution in [1.82, 2.24) is 9.97 Å². The number of nitrogens with two attached hydrogens (primary N) is 1. The third-order valence-corrected chi connectivity index (χ3v) is 3.00. The molecule has 1 atom stereocenters. The molecule has 4 N–H and O–H groups in total. The van der Waals surface area contributed by atoms with Crippen molar-refractivity contribution in [1.29, 1.82) is 0 Å². The zero-order chi connectivity index (χ0) is 11.4. The maximum Gasteiger partial charge on any atom is 0.223 e. The van der Waals surface area contributed by atoms with Crippen LogP contribution in [0.3, 0.4) is 0 Å². The van der Waals surface area contributed by atoms with Crippen LogP contribution in [0.2, 0.25) is 5.28 Å². The van der Waals surface area contributed by atoms with Gasteiger partial charge in [0.25, 0.3) is 0 Å². The Bertz CT molecular complexity index is 351. The van der Waals surface area contributed by atoms with Gasteiger partial charge in [0.1, 0.15) is 5.03 Å². The van der Waals surface area contributed by atoms with E-state index in [1.807, 2.05) is 0 Å². The Hall–Kier alpha value is -0.560. The second kappa shape index (κ2) is 5.50. The summed E-state index contributed by atoms with van der Waals surface area (Å²) < 4.78 is 0. The average molecular weight is 250 g/mol. The zero-order valence-corrected chi connectivity index (χ0v) is 9.72. The second-order valence-electron chi connectivity index (χ2n) is 2.94. The fourth-order valence-electron chi connectivity index (χ4n) is 0.860. The Kier molecular flexibility index (Phi) is 4.59. The number of nitrogen functional groups attached to an aromatic ring is 1. The molecule has 0 aliphatic carbocycles. The third kappa shape index (κ3) is 3.49. The first-order valence-electron chi connectivity index (χ1n) is 4.26. The number of hydrogen-bond acceptors (Lipinski definition) is 6. The van der Waals surface area contributed by atoms with Crippen LogP contribution in [0.1, 0.15) is 5.69 Å². The summed E-state index contributed by atoms with van der Waals surface area (Å²) in [5.41, 5.74) is 6.79. The van der Waals surface area contributed by atoms with E-state index in [4.69, 9.17) is 27.5 Å². The first kappa shape index (κ1) is 12.5. The summed E-state index contributed by atoms with van der Waals surface area (Å²) in [5, 5.41) is 18.5. The highest BCUT2D eigenvalue weighted by atomic mass is 35.5. The van der Waals surface area contributed by atoms with Gasteiger partial charge < -0.3 is 15.9 Å². The molecule has 1 aromatic rings. The van der Waals surface area contributed by atoms with Crippen molar-refractivity contribution in [2.24, 2.45) is 0 Å². The zero-order valence-electron chi connectivity index (χ0n) is 8.14. The molecule has 84 valence electrons. The van der Waals surface area contributed by atoms with Crippen molar-refractivity contribution in [3.63, 3.8) is 0 Å². The highest BCUT2D eigenvalue weighted by Gasteiger charge is 2.10. The van der Waals surface area contributed by atoms with Gasteiger partial charge in [0.2, 0.25) is 5.28 Å². The monoisotopic (exact) mass is 249 g/mol. The maximum atomic E-state index is 9.16. The molecule has 1 aromatic heterocycles. The maximum absolute atomic E-state index is 9.16. The summed E-state index contributed by atoms with van der Waals surface area (Å²) in [5.74, 6) is 0.313. The first-order chi connectivity index (χ1) is 7.04. The van der Waals surface area contributed by atoms with Crippen LogP contribution in [0.25, 0.3) is 0 Å². The summed E-state index contributed by atoms with van der Waals surface area (Å²) in [6.45, 7) is 1.44. The van der Waals surface area contributed by atoms with Gasteiger partial charge >= 0.3 is 0 Å². The molecule has 0 saturated heterocycles. The molecular weight excluding hydrogens is 238 g/mol. The smallest absolute Gasteiger partial charge is 0.223 e. The van der Waals surface area contributed by atoms with Gasteiger partial charge in [-0.2, -0.15) is 0 Å². The van der Waals surface area contributed by atoms with Crippen LogP contribution in [-0.4, -0.2) is 38.6 Å². The molecule has 5 nitrogen and oxygen atoms in total. The molecule has 7 heteroatoms. The highest BCUT2D eigenvalue weighted by molar-refractivity contribution is 7.99. The molecule has 0 aliphatic heterocycles. The van der Waals surface area contributed by atoms with Crippen LogP contribution >= 0.6 is 23.4 Å². The Morgan fingerprint density at radius 1 is 1.53 bits per heavy atom. The van der Waals surface area contributed by atoms with Crippen LogP contribution < -0.4 is 5.73 Å². The predicted molar refractivity (Wildman–Crippen MR) is 60.0 cm³/mol. The molecule has 1 unspecified atom stereocenters. The van der Waals surface area contributed by atoms with Gasteiger partial charge in [-0.3, -0.25) is 0 Å². The van der Waals surface area contributed by atoms with Crippen molar-refractivity contribution in [2.45, 2.75) is 18.1 Å². The van der Waals surface area contributed by atoms with Gasteiger partial charge in [-0.15, -0.1) is 11.8 Å². The molecular formula is C8H12ClN3O2S. The van der Waals surface area contributed by atoms with Gasteiger partial charge in [-0.05, 0) is 18.5 Å². The number of rotatable bonds is 4. The number of thioether (sulfide) groups is 1. The largest absolute Gasteiger partial charge is 0.395 e. The second-order valence-corrected chi connectivity index (χ2v) is 4.29. The summed E-state index contributed by atoms with van der Waals surface area (Å²) in [6.07, 6.45) is -0.788. The first-order valence-corrected chi connectivity index (χ1v) is 5.62. The van der Waals surface area contributed by atoms with Gasteiger partial charge in [0, 0.05) is 5.75 Å². The van der Waals surface area contributed by atoms with Crippen LogP contribution in [-0.2, 0) is 0 Å². The minimum absolute atomic E-state index is 0.127. The molecule has 1 rings (SSSR count). The van der Waals surface area contributed by atoms with E-state index in [1.165, 1.54) is 11.8 Å². The summed E-state index contributed by atoms with van der Waals surface area (Å²) in [6, 6.07) is 0.